The van der Waals surface area contributed by atoms with Gasteiger partial charge in [0.1, 0.15) is 0 Å². The van der Waals surface area contributed by atoms with Crippen LogP contribution in [-0.2, 0) is 4.79 Å². The molecule has 2 N–H and O–H groups in total. The summed E-state index contributed by atoms with van der Waals surface area (Å²) in [6.45, 7) is 1.92. The third-order valence-electron chi connectivity index (χ3n) is 3.39. The first kappa shape index (κ1) is 18.8. The Morgan fingerprint density at radius 3 is 2.35 bits per heavy atom. The third kappa shape index (κ3) is 5.52. The lowest BCUT2D eigenvalue weighted by atomic mass is 10.2. The summed E-state index contributed by atoms with van der Waals surface area (Å²) in [6, 6.07) is 12.2. The summed E-state index contributed by atoms with van der Waals surface area (Å²) in [5, 5.41) is 17.1. The van der Waals surface area contributed by atoms with Crippen molar-refractivity contribution in [3.8, 4) is 0 Å². The number of nitro benzene ring substituents is 1. The van der Waals surface area contributed by atoms with Crippen LogP contribution in [0.5, 0.6) is 0 Å². The van der Waals surface area contributed by atoms with E-state index in [1.54, 1.807) is 24.3 Å². The number of nitrogens with zero attached hydrogens (tertiary/aromatic N) is 2. The molecule has 2 rings (SSSR count). The molecule has 0 radical (unpaired) electrons. The molecule has 8 heteroatoms. The Hall–Kier alpha value is -3.55. The zero-order valence-electron chi connectivity index (χ0n) is 14.1. The first-order valence-corrected chi connectivity index (χ1v) is 7.97. The lowest BCUT2D eigenvalue weighted by Gasteiger charge is -2.05. The van der Waals surface area contributed by atoms with Gasteiger partial charge in [0.15, 0.2) is 0 Å². The third-order valence-corrected chi connectivity index (χ3v) is 3.39. The molecule has 0 aliphatic rings. The number of nitro groups is 1. The average molecular weight is 354 g/mol. The summed E-state index contributed by atoms with van der Waals surface area (Å²) in [7, 11) is 0. The molecule has 0 saturated heterocycles. The minimum absolute atomic E-state index is 0.0164. The van der Waals surface area contributed by atoms with Gasteiger partial charge in [-0.2, -0.15) is 5.10 Å². The molecule has 0 spiro atoms. The molecule has 8 nitrogen and oxygen atoms in total. The Morgan fingerprint density at radius 2 is 1.77 bits per heavy atom. The van der Waals surface area contributed by atoms with Crippen molar-refractivity contribution in [2.45, 2.75) is 19.8 Å². The maximum absolute atomic E-state index is 12.0. The van der Waals surface area contributed by atoms with Crippen molar-refractivity contribution < 1.29 is 14.5 Å². The first-order chi connectivity index (χ1) is 12.5. The standard InChI is InChI=1S/C18H18N4O4/c1-2-3-17(23)20-15-8-6-14(7-9-15)18(24)21-19-12-13-4-10-16(11-5-13)22(25)26/h4-12H,2-3H2,1H3,(H,20,23)(H,21,24)/b19-12+. The molecule has 0 fully saturated rings. The van der Waals surface area contributed by atoms with E-state index in [1.165, 1.54) is 30.5 Å². The molecule has 0 heterocycles. The molecular weight excluding hydrogens is 336 g/mol. The van der Waals surface area contributed by atoms with Crippen LogP contribution in [0.1, 0.15) is 35.7 Å². The number of carbonyl (C=O) groups is 2. The van der Waals surface area contributed by atoms with Gasteiger partial charge in [0.2, 0.25) is 5.91 Å². The Balaban J connectivity index is 1.90. The van der Waals surface area contributed by atoms with Crippen LogP contribution in [0.4, 0.5) is 11.4 Å². The fourth-order valence-electron chi connectivity index (χ4n) is 2.07. The lowest BCUT2D eigenvalue weighted by Crippen LogP contribution is -2.17. The van der Waals surface area contributed by atoms with Crippen molar-refractivity contribution in [1.82, 2.24) is 5.43 Å². The van der Waals surface area contributed by atoms with Crippen molar-refractivity contribution in [3.63, 3.8) is 0 Å². The molecule has 0 atom stereocenters. The molecule has 134 valence electrons. The van der Waals surface area contributed by atoms with E-state index >= 15 is 0 Å². The summed E-state index contributed by atoms with van der Waals surface area (Å²) >= 11 is 0. The Bertz CT molecular complexity index is 814. The minimum Gasteiger partial charge on any atom is -0.326 e. The molecule has 0 aliphatic carbocycles. The molecular formula is C18H18N4O4. The van der Waals surface area contributed by atoms with Gasteiger partial charge in [0, 0.05) is 29.8 Å². The van der Waals surface area contributed by atoms with Gasteiger partial charge in [-0.3, -0.25) is 19.7 Å². The van der Waals surface area contributed by atoms with Gasteiger partial charge >= 0.3 is 0 Å². The van der Waals surface area contributed by atoms with Gasteiger partial charge in [-0.15, -0.1) is 0 Å². The largest absolute Gasteiger partial charge is 0.326 e. The summed E-state index contributed by atoms with van der Waals surface area (Å²) in [4.78, 5) is 33.6. The number of nitrogens with one attached hydrogen (secondary N) is 2. The fourth-order valence-corrected chi connectivity index (χ4v) is 2.07. The predicted octanol–water partition coefficient (Wildman–Crippen LogP) is 3.10. The van der Waals surface area contributed by atoms with E-state index in [4.69, 9.17) is 0 Å². The van der Waals surface area contributed by atoms with E-state index in [1.807, 2.05) is 6.92 Å². The van der Waals surface area contributed by atoms with E-state index in [0.29, 0.717) is 23.2 Å². The molecule has 0 aromatic heterocycles. The highest BCUT2D eigenvalue weighted by Crippen LogP contribution is 2.11. The van der Waals surface area contributed by atoms with E-state index in [2.05, 4.69) is 15.8 Å². The zero-order valence-corrected chi connectivity index (χ0v) is 14.1. The number of amides is 2. The van der Waals surface area contributed by atoms with Crippen LogP contribution >= 0.6 is 0 Å². The Morgan fingerprint density at radius 1 is 1.12 bits per heavy atom. The molecule has 0 saturated carbocycles. The highest BCUT2D eigenvalue weighted by atomic mass is 16.6. The predicted molar refractivity (Wildman–Crippen MR) is 98.1 cm³/mol. The van der Waals surface area contributed by atoms with Crippen molar-refractivity contribution in [1.29, 1.82) is 0 Å². The number of carbonyl (C=O) groups excluding carboxylic acids is 2. The normalized spacial score (nSPS) is 10.5. The maximum Gasteiger partial charge on any atom is 0.271 e. The second-order valence-corrected chi connectivity index (χ2v) is 5.42. The minimum atomic E-state index is -0.489. The van der Waals surface area contributed by atoms with Crippen LogP contribution in [-0.4, -0.2) is 23.0 Å². The summed E-state index contributed by atoms with van der Waals surface area (Å²) in [5.41, 5.74) is 3.98. The monoisotopic (exact) mass is 354 g/mol. The lowest BCUT2D eigenvalue weighted by molar-refractivity contribution is -0.384. The van der Waals surface area contributed by atoms with Crippen LogP contribution < -0.4 is 10.7 Å². The number of rotatable bonds is 7. The fraction of sp³-hybridized carbons (Fsp3) is 0.167. The molecule has 2 amide bonds. The molecule has 0 aliphatic heterocycles. The maximum atomic E-state index is 12.0. The molecule has 2 aromatic rings. The quantitative estimate of drug-likeness (QED) is 0.452. The number of hydrogen-bond donors (Lipinski definition) is 2. The summed E-state index contributed by atoms with van der Waals surface area (Å²) in [6.07, 6.45) is 2.60. The first-order valence-electron chi connectivity index (χ1n) is 7.97. The molecule has 2 aromatic carbocycles. The highest BCUT2D eigenvalue weighted by Gasteiger charge is 2.06. The smallest absolute Gasteiger partial charge is 0.271 e. The van der Waals surface area contributed by atoms with Crippen LogP contribution in [0, 0.1) is 10.1 Å². The summed E-state index contributed by atoms with van der Waals surface area (Å²) in [5.74, 6) is -0.480. The number of non-ortho nitro benzene ring substituents is 1. The van der Waals surface area contributed by atoms with Crippen molar-refractivity contribution in [2.24, 2.45) is 5.10 Å². The zero-order chi connectivity index (χ0) is 18.9. The van der Waals surface area contributed by atoms with Gasteiger partial charge in [-0.1, -0.05) is 6.92 Å². The van der Waals surface area contributed by atoms with E-state index in [-0.39, 0.29) is 11.6 Å². The van der Waals surface area contributed by atoms with Crippen molar-refractivity contribution in [2.75, 3.05) is 5.32 Å². The Kier molecular flexibility index (Phi) is 6.55. The van der Waals surface area contributed by atoms with Crippen molar-refractivity contribution in [3.05, 3.63) is 69.8 Å². The molecule has 0 bridgehead atoms. The topological polar surface area (TPSA) is 114 Å². The van der Waals surface area contributed by atoms with Crippen LogP contribution in [0.3, 0.4) is 0 Å². The Labute approximate surface area is 150 Å². The van der Waals surface area contributed by atoms with Crippen LogP contribution in [0.15, 0.2) is 53.6 Å². The number of hydrogen-bond acceptors (Lipinski definition) is 5. The molecule has 26 heavy (non-hydrogen) atoms. The second kappa shape index (κ2) is 9.07. The van der Waals surface area contributed by atoms with Gasteiger partial charge in [-0.25, -0.2) is 5.43 Å². The van der Waals surface area contributed by atoms with Gasteiger partial charge in [0.05, 0.1) is 11.1 Å². The van der Waals surface area contributed by atoms with Crippen molar-refractivity contribution >= 4 is 29.4 Å². The van der Waals surface area contributed by atoms with Gasteiger partial charge in [0.25, 0.3) is 11.6 Å². The van der Waals surface area contributed by atoms with E-state index < -0.39 is 10.8 Å². The average Bonchev–Trinajstić information content (AvgIpc) is 2.63. The molecule has 0 unspecified atom stereocenters. The number of benzene rings is 2. The van der Waals surface area contributed by atoms with E-state index in [9.17, 15) is 19.7 Å². The SMILES string of the molecule is CCCC(=O)Nc1ccc(C(=O)N/N=C/c2ccc([N+](=O)[O-])cc2)cc1. The van der Waals surface area contributed by atoms with E-state index in [0.717, 1.165) is 6.42 Å². The van der Waals surface area contributed by atoms with Crippen LogP contribution in [0.2, 0.25) is 0 Å². The number of hydrazone groups is 1. The summed E-state index contributed by atoms with van der Waals surface area (Å²) < 4.78 is 0. The van der Waals surface area contributed by atoms with Gasteiger partial charge < -0.3 is 5.32 Å². The van der Waals surface area contributed by atoms with Crippen LogP contribution in [0.25, 0.3) is 0 Å². The highest BCUT2D eigenvalue weighted by molar-refractivity contribution is 5.96. The number of anilines is 1. The second-order valence-electron chi connectivity index (χ2n) is 5.42. The van der Waals surface area contributed by atoms with Gasteiger partial charge in [-0.05, 0) is 48.4 Å².